The molecule has 4 rings (SSSR count). The molecule has 4 bridgehead atoms. The minimum Gasteiger partial charge on any atom is -0.481 e. The fourth-order valence-electron chi connectivity index (χ4n) is 3.73. The van der Waals surface area contributed by atoms with E-state index in [4.69, 9.17) is 10.2 Å². The number of carboxylic acid groups (broad SMARTS) is 2. The van der Waals surface area contributed by atoms with Crippen LogP contribution in [0.5, 0.6) is 0 Å². The average Bonchev–Trinajstić information content (AvgIpc) is 2.39. The molecule has 0 aliphatic heterocycles. The lowest BCUT2D eigenvalue weighted by Gasteiger charge is -2.13. The lowest BCUT2D eigenvalue weighted by Crippen LogP contribution is -2.31. The van der Waals surface area contributed by atoms with Crippen LogP contribution in [0, 0.1) is 29.1 Å². The van der Waals surface area contributed by atoms with E-state index in [-0.39, 0.29) is 11.7 Å². The summed E-state index contributed by atoms with van der Waals surface area (Å²) in [7, 11) is 0. The molecule has 0 unspecified atom stereocenters. The second-order valence-corrected chi connectivity index (χ2v) is 4.38. The molecular weight excluding hydrogens is 188 g/mol. The largest absolute Gasteiger partial charge is 0.481 e. The molecule has 4 aliphatic rings. The smallest absolute Gasteiger partial charge is 0.311 e. The summed E-state index contributed by atoms with van der Waals surface area (Å²) in [4.78, 5) is 33.4. The zero-order valence-electron chi connectivity index (χ0n) is 7.14. The van der Waals surface area contributed by atoms with Gasteiger partial charge >= 0.3 is 11.9 Å². The van der Waals surface area contributed by atoms with E-state index in [0.717, 1.165) is 0 Å². The van der Waals surface area contributed by atoms with E-state index in [1.54, 1.807) is 0 Å². The Bertz CT molecular complexity index is 383. The summed E-state index contributed by atoms with van der Waals surface area (Å²) < 4.78 is 0. The molecule has 4 fully saturated rings. The van der Waals surface area contributed by atoms with Crippen molar-refractivity contribution in [3.8, 4) is 0 Å². The van der Waals surface area contributed by atoms with Gasteiger partial charge in [-0.2, -0.15) is 0 Å². The number of Topliss-reactive ketones (excluding diaryl/α,β-unsaturated/α-hetero) is 1. The third-order valence-corrected chi connectivity index (χ3v) is 4.15. The first-order valence-corrected chi connectivity index (χ1v) is 4.52. The van der Waals surface area contributed by atoms with Crippen molar-refractivity contribution in [2.24, 2.45) is 29.1 Å². The van der Waals surface area contributed by atoms with E-state index >= 15 is 0 Å². The van der Waals surface area contributed by atoms with Gasteiger partial charge in [0, 0.05) is 11.8 Å². The molecule has 0 aromatic heterocycles. The van der Waals surface area contributed by atoms with Crippen molar-refractivity contribution in [3.63, 3.8) is 0 Å². The van der Waals surface area contributed by atoms with Crippen LogP contribution in [0.4, 0.5) is 0 Å². The fourth-order valence-corrected chi connectivity index (χ4v) is 3.73. The van der Waals surface area contributed by atoms with E-state index in [1.807, 2.05) is 0 Å². The van der Waals surface area contributed by atoms with Gasteiger partial charge in [-0.25, -0.2) is 0 Å². The van der Waals surface area contributed by atoms with Crippen molar-refractivity contribution in [1.29, 1.82) is 0 Å². The minimum atomic E-state index is -1.23. The number of carbonyl (C=O) groups is 3. The molecule has 4 saturated carbocycles. The third kappa shape index (κ3) is 0.492. The van der Waals surface area contributed by atoms with Gasteiger partial charge < -0.3 is 10.2 Å². The Hall–Kier alpha value is -1.39. The van der Waals surface area contributed by atoms with Crippen LogP contribution in [0.3, 0.4) is 0 Å². The maximum atomic E-state index is 11.5. The van der Waals surface area contributed by atoms with Gasteiger partial charge in [-0.15, -0.1) is 0 Å². The summed E-state index contributed by atoms with van der Waals surface area (Å²) in [5.74, 6) is -4.56. The van der Waals surface area contributed by atoms with Crippen molar-refractivity contribution in [2.75, 3.05) is 0 Å². The summed E-state index contributed by atoms with van der Waals surface area (Å²) in [6.07, 6.45) is 0.465. The molecule has 14 heavy (non-hydrogen) atoms. The lowest BCUT2D eigenvalue weighted by atomic mass is 9.89. The molecule has 0 saturated heterocycles. The highest BCUT2D eigenvalue weighted by molar-refractivity contribution is 6.08. The first-order valence-electron chi connectivity index (χ1n) is 4.52. The summed E-state index contributed by atoms with van der Waals surface area (Å²) in [6, 6.07) is 0. The van der Waals surface area contributed by atoms with E-state index in [1.165, 1.54) is 0 Å². The maximum Gasteiger partial charge on any atom is 0.311 e. The molecule has 0 heterocycles. The zero-order chi connectivity index (χ0) is 10.2. The molecule has 74 valence electrons. The Morgan fingerprint density at radius 1 is 1.36 bits per heavy atom. The van der Waals surface area contributed by atoms with Crippen LogP contribution >= 0.6 is 0 Å². The maximum absolute atomic E-state index is 11.5. The molecule has 0 radical (unpaired) electrons. The number of aliphatic carboxylic acids is 2. The van der Waals surface area contributed by atoms with Crippen LogP contribution in [0.1, 0.15) is 6.42 Å². The monoisotopic (exact) mass is 196 g/mol. The van der Waals surface area contributed by atoms with Crippen LogP contribution in [-0.2, 0) is 14.4 Å². The highest BCUT2D eigenvalue weighted by Crippen LogP contribution is 2.79. The van der Waals surface area contributed by atoms with Crippen molar-refractivity contribution in [3.05, 3.63) is 0 Å². The molecular formula is C9H8O5. The van der Waals surface area contributed by atoms with Crippen molar-refractivity contribution in [2.45, 2.75) is 6.42 Å². The molecule has 5 heteroatoms. The van der Waals surface area contributed by atoms with Crippen LogP contribution in [-0.4, -0.2) is 27.9 Å². The van der Waals surface area contributed by atoms with E-state index in [0.29, 0.717) is 6.42 Å². The zero-order valence-corrected chi connectivity index (χ0v) is 7.14. The number of rotatable bonds is 2. The Kier molecular flexibility index (Phi) is 1.05. The van der Waals surface area contributed by atoms with Crippen LogP contribution in [0.2, 0.25) is 0 Å². The number of hydrogen-bond donors (Lipinski definition) is 2. The highest BCUT2D eigenvalue weighted by Gasteiger charge is 2.89. The molecule has 0 spiro atoms. The number of hydrogen-bond acceptors (Lipinski definition) is 3. The second-order valence-electron chi connectivity index (χ2n) is 4.38. The van der Waals surface area contributed by atoms with Gasteiger partial charge in [-0.05, 0) is 12.3 Å². The lowest BCUT2D eigenvalue weighted by molar-refractivity contribution is -0.155. The Balaban J connectivity index is 2.13. The summed E-state index contributed by atoms with van der Waals surface area (Å²) in [5, 5.41) is 18.0. The summed E-state index contributed by atoms with van der Waals surface area (Å²) >= 11 is 0. The summed E-state index contributed by atoms with van der Waals surface area (Å²) in [6.45, 7) is 0. The van der Waals surface area contributed by atoms with Gasteiger partial charge in [0.25, 0.3) is 0 Å². The third-order valence-electron chi connectivity index (χ3n) is 4.15. The van der Waals surface area contributed by atoms with E-state index in [9.17, 15) is 14.4 Å². The second kappa shape index (κ2) is 1.85. The van der Waals surface area contributed by atoms with E-state index in [2.05, 4.69) is 0 Å². The molecule has 5 atom stereocenters. The van der Waals surface area contributed by atoms with Gasteiger partial charge in [-0.1, -0.05) is 0 Å². The topological polar surface area (TPSA) is 91.7 Å². The Labute approximate surface area is 78.7 Å². The van der Waals surface area contributed by atoms with Gasteiger partial charge in [0.2, 0.25) is 0 Å². The summed E-state index contributed by atoms with van der Waals surface area (Å²) in [5.41, 5.74) is -1.23. The van der Waals surface area contributed by atoms with Gasteiger partial charge in [0.1, 0.15) is 5.78 Å². The Morgan fingerprint density at radius 3 is 2.29 bits per heavy atom. The number of carboxylic acids is 2. The van der Waals surface area contributed by atoms with Crippen LogP contribution in [0.25, 0.3) is 0 Å². The van der Waals surface area contributed by atoms with Crippen molar-refractivity contribution < 1.29 is 24.6 Å². The van der Waals surface area contributed by atoms with Crippen molar-refractivity contribution >= 4 is 17.7 Å². The molecule has 2 N–H and O–H groups in total. The quantitative estimate of drug-likeness (QED) is 0.627. The Morgan fingerprint density at radius 2 is 2.00 bits per heavy atom. The average molecular weight is 196 g/mol. The minimum absolute atomic E-state index is 0.134. The predicted molar refractivity (Wildman–Crippen MR) is 41.3 cm³/mol. The van der Waals surface area contributed by atoms with Crippen LogP contribution in [0.15, 0.2) is 0 Å². The first-order chi connectivity index (χ1) is 6.52. The first kappa shape index (κ1) is 7.96. The van der Waals surface area contributed by atoms with Crippen LogP contribution < -0.4 is 0 Å². The molecule has 0 amide bonds. The van der Waals surface area contributed by atoms with Gasteiger partial charge in [-0.3, -0.25) is 14.4 Å². The molecule has 0 aromatic carbocycles. The SMILES string of the molecule is O=C(O)[C@@H]1[C@H]2C[C@H]3[C@@H](C2=O)[C@@]13C(=O)O. The number of carbonyl (C=O) groups excluding carboxylic acids is 1. The normalized spacial score (nSPS) is 52.1. The standard InChI is InChI=1S/C9H8O5/c10-6-2-1-3-5(6)9(3,8(13)14)4(2)7(11)12/h2-5H,1H2,(H,11,12)(H,13,14)/t2-,3+,4+,5+,9+/m1/s1. The van der Waals surface area contributed by atoms with Crippen molar-refractivity contribution in [1.82, 2.24) is 0 Å². The number of ketones is 1. The molecule has 5 nitrogen and oxygen atoms in total. The fraction of sp³-hybridized carbons (Fsp3) is 0.667. The van der Waals surface area contributed by atoms with Gasteiger partial charge in [0.15, 0.2) is 0 Å². The predicted octanol–water partition coefficient (Wildman–Crippen LogP) is -0.393. The molecule has 0 aromatic rings. The highest BCUT2D eigenvalue weighted by atomic mass is 16.4. The van der Waals surface area contributed by atoms with E-state index < -0.39 is 35.1 Å². The van der Waals surface area contributed by atoms with Gasteiger partial charge in [0.05, 0.1) is 11.3 Å². The molecule has 4 aliphatic carbocycles.